The summed E-state index contributed by atoms with van der Waals surface area (Å²) in [5.74, 6) is 2.02. The first kappa shape index (κ1) is 11.3. The third kappa shape index (κ3) is 1.98. The summed E-state index contributed by atoms with van der Waals surface area (Å²) in [6.45, 7) is 0.945. The Morgan fingerprint density at radius 3 is 2.94 bits per heavy atom. The summed E-state index contributed by atoms with van der Waals surface area (Å²) in [6.07, 6.45) is 4.42. The van der Waals surface area contributed by atoms with Crippen LogP contribution >= 0.6 is 11.8 Å². The number of fused-ring (bicyclic) bond motifs is 1. The van der Waals surface area contributed by atoms with E-state index in [0.717, 1.165) is 12.5 Å². The van der Waals surface area contributed by atoms with E-state index in [0.29, 0.717) is 18.2 Å². The smallest absolute Gasteiger partial charge is 0.0757 e. The van der Waals surface area contributed by atoms with Gasteiger partial charge in [-0.2, -0.15) is 0 Å². The minimum absolute atomic E-state index is 0.489. The number of rotatable bonds is 3. The standard InChI is InChI=1S/C15H19NOS/c1-2-4-14-11(3-1)13(9-18-14)16-12-7-8-17-15(12)10-5-6-10/h1-4,10,12-13,15-16H,5-9H2. The van der Waals surface area contributed by atoms with Crippen LogP contribution in [0.5, 0.6) is 0 Å². The summed E-state index contributed by atoms with van der Waals surface area (Å²) in [6, 6.07) is 9.91. The van der Waals surface area contributed by atoms with E-state index in [4.69, 9.17) is 4.74 Å². The molecule has 0 aromatic heterocycles. The number of hydrogen-bond donors (Lipinski definition) is 1. The molecule has 2 nitrogen and oxygen atoms in total. The molecule has 3 aliphatic rings. The van der Waals surface area contributed by atoms with Crippen LogP contribution in [-0.4, -0.2) is 24.5 Å². The van der Waals surface area contributed by atoms with Crippen LogP contribution in [0.15, 0.2) is 29.2 Å². The molecule has 4 rings (SSSR count). The number of thioether (sulfide) groups is 1. The minimum atomic E-state index is 0.489. The van der Waals surface area contributed by atoms with Crippen LogP contribution in [0.4, 0.5) is 0 Å². The van der Waals surface area contributed by atoms with Crippen LogP contribution in [0.2, 0.25) is 0 Å². The van der Waals surface area contributed by atoms with Crippen molar-refractivity contribution in [3.63, 3.8) is 0 Å². The maximum Gasteiger partial charge on any atom is 0.0757 e. The molecule has 0 spiro atoms. The van der Waals surface area contributed by atoms with Gasteiger partial charge in [-0.3, -0.25) is 0 Å². The zero-order valence-corrected chi connectivity index (χ0v) is 11.3. The number of nitrogens with one attached hydrogen (secondary N) is 1. The lowest BCUT2D eigenvalue weighted by Crippen LogP contribution is -2.40. The highest BCUT2D eigenvalue weighted by Gasteiger charge is 2.41. The summed E-state index contributed by atoms with van der Waals surface area (Å²) in [5.41, 5.74) is 1.49. The summed E-state index contributed by atoms with van der Waals surface area (Å²) in [4.78, 5) is 1.46. The molecule has 3 heteroatoms. The van der Waals surface area contributed by atoms with Crippen molar-refractivity contribution in [2.75, 3.05) is 12.4 Å². The van der Waals surface area contributed by atoms with Crippen molar-refractivity contribution in [1.82, 2.24) is 5.32 Å². The first-order valence-corrected chi connectivity index (χ1v) is 8.00. The molecule has 0 bridgehead atoms. The van der Waals surface area contributed by atoms with E-state index < -0.39 is 0 Å². The van der Waals surface area contributed by atoms with Crippen LogP contribution in [0, 0.1) is 5.92 Å². The fourth-order valence-electron chi connectivity index (χ4n) is 3.24. The molecule has 3 unspecified atom stereocenters. The fraction of sp³-hybridized carbons (Fsp3) is 0.600. The molecule has 2 fully saturated rings. The highest BCUT2D eigenvalue weighted by atomic mass is 32.2. The fourth-order valence-corrected chi connectivity index (χ4v) is 4.41. The average molecular weight is 261 g/mol. The molecule has 1 saturated heterocycles. The van der Waals surface area contributed by atoms with E-state index in [1.54, 1.807) is 0 Å². The van der Waals surface area contributed by atoms with Crippen molar-refractivity contribution >= 4 is 11.8 Å². The molecular formula is C15H19NOS. The molecule has 1 aromatic carbocycles. The van der Waals surface area contributed by atoms with Gasteiger partial charge in [0.2, 0.25) is 0 Å². The second-order valence-corrected chi connectivity index (χ2v) is 6.70. The van der Waals surface area contributed by atoms with E-state index in [1.165, 1.54) is 35.5 Å². The van der Waals surface area contributed by atoms with Crippen molar-refractivity contribution in [2.24, 2.45) is 5.92 Å². The van der Waals surface area contributed by atoms with Gasteiger partial charge in [-0.1, -0.05) is 18.2 Å². The molecule has 0 amide bonds. The van der Waals surface area contributed by atoms with Gasteiger partial charge in [0.05, 0.1) is 6.10 Å². The van der Waals surface area contributed by atoms with Gasteiger partial charge >= 0.3 is 0 Å². The summed E-state index contributed by atoms with van der Waals surface area (Å²) < 4.78 is 5.92. The number of ether oxygens (including phenoxy) is 1. The molecule has 2 aliphatic heterocycles. The van der Waals surface area contributed by atoms with Gasteiger partial charge in [-0.15, -0.1) is 11.8 Å². The van der Waals surface area contributed by atoms with Gasteiger partial charge in [0.25, 0.3) is 0 Å². The van der Waals surface area contributed by atoms with E-state index >= 15 is 0 Å². The highest BCUT2D eigenvalue weighted by molar-refractivity contribution is 7.99. The molecule has 18 heavy (non-hydrogen) atoms. The average Bonchev–Trinajstić information content (AvgIpc) is 3.01. The van der Waals surface area contributed by atoms with Crippen LogP contribution in [0.3, 0.4) is 0 Å². The minimum Gasteiger partial charge on any atom is -0.376 e. The van der Waals surface area contributed by atoms with Gasteiger partial charge < -0.3 is 10.1 Å². The monoisotopic (exact) mass is 261 g/mol. The molecule has 3 atom stereocenters. The molecular weight excluding hydrogens is 242 g/mol. The zero-order valence-electron chi connectivity index (χ0n) is 10.5. The lowest BCUT2D eigenvalue weighted by Gasteiger charge is -2.23. The van der Waals surface area contributed by atoms with Gasteiger partial charge in [-0.05, 0) is 36.8 Å². The molecule has 1 saturated carbocycles. The van der Waals surface area contributed by atoms with Gasteiger partial charge in [0.15, 0.2) is 0 Å². The first-order chi connectivity index (χ1) is 8.92. The van der Waals surface area contributed by atoms with Crippen molar-refractivity contribution in [3.8, 4) is 0 Å². The Balaban J connectivity index is 1.49. The van der Waals surface area contributed by atoms with Crippen molar-refractivity contribution in [1.29, 1.82) is 0 Å². The first-order valence-electron chi connectivity index (χ1n) is 7.01. The zero-order chi connectivity index (χ0) is 11.9. The molecule has 1 N–H and O–H groups in total. The Labute approximate surface area is 112 Å². The Hall–Kier alpha value is -0.510. The summed E-state index contributed by atoms with van der Waals surface area (Å²) in [7, 11) is 0. The van der Waals surface area contributed by atoms with E-state index in [1.807, 2.05) is 11.8 Å². The SMILES string of the molecule is c1ccc2c(c1)SCC2NC1CCOC1C1CC1. The molecule has 1 aromatic rings. The van der Waals surface area contributed by atoms with Crippen LogP contribution in [0.1, 0.15) is 30.9 Å². The quantitative estimate of drug-likeness (QED) is 0.904. The van der Waals surface area contributed by atoms with Gasteiger partial charge in [0, 0.05) is 29.3 Å². The Morgan fingerprint density at radius 1 is 1.17 bits per heavy atom. The van der Waals surface area contributed by atoms with Gasteiger partial charge in [0.1, 0.15) is 0 Å². The van der Waals surface area contributed by atoms with Crippen molar-refractivity contribution in [3.05, 3.63) is 29.8 Å². The highest BCUT2D eigenvalue weighted by Crippen LogP contribution is 2.42. The summed E-state index contributed by atoms with van der Waals surface area (Å²) >= 11 is 1.98. The van der Waals surface area contributed by atoms with E-state index in [2.05, 4.69) is 29.6 Å². The third-order valence-electron chi connectivity index (χ3n) is 4.34. The van der Waals surface area contributed by atoms with Crippen LogP contribution in [0.25, 0.3) is 0 Å². The van der Waals surface area contributed by atoms with E-state index in [-0.39, 0.29) is 0 Å². The normalized spacial score (nSPS) is 34.8. The predicted octanol–water partition coefficient (Wildman–Crippen LogP) is 2.99. The van der Waals surface area contributed by atoms with Crippen molar-refractivity contribution in [2.45, 2.75) is 42.3 Å². The number of benzene rings is 1. The second-order valence-electron chi connectivity index (χ2n) is 5.64. The molecule has 0 radical (unpaired) electrons. The van der Waals surface area contributed by atoms with Crippen LogP contribution in [-0.2, 0) is 4.74 Å². The lowest BCUT2D eigenvalue weighted by molar-refractivity contribution is 0.0794. The molecule has 2 heterocycles. The third-order valence-corrected chi connectivity index (χ3v) is 5.52. The van der Waals surface area contributed by atoms with E-state index in [9.17, 15) is 0 Å². The maximum absolute atomic E-state index is 5.92. The predicted molar refractivity (Wildman–Crippen MR) is 73.9 cm³/mol. The maximum atomic E-state index is 5.92. The molecule has 1 aliphatic carbocycles. The largest absolute Gasteiger partial charge is 0.376 e. The second kappa shape index (κ2) is 4.55. The Bertz CT molecular complexity index is 446. The Morgan fingerprint density at radius 2 is 2.06 bits per heavy atom. The van der Waals surface area contributed by atoms with Crippen molar-refractivity contribution < 1.29 is 4.74 Å². The van der Waals surface area contributed by atoms with Gasteiger partial charge in [-0.25, -0.2) is 0 Å². The summed E-state index contributed by atoms with van der Waals surface area (Å²) in [5, 5.41) is 3.86. The lowest BCUT2D eigenvalue weighted by atomic mass is 10.0. The molecule has 96 valence electrons. The topological polar surface area (TPSA) is 21.3 Å². The van der Waals surface area contributed by atoms with Crippen LogP contribution < -0.4 is 5.32 Å². The Kier molecular flexibility index (Phi) is 2.86. The number of hydrogen-bond acceptors (Lipinski definition) is 3.